The maximum absolute atomic E-state index is 13.9. The molecule has 2 aromatic rings. The molecule has 47 heavy (non-hydrogen) atoms. The van der Waals surface area contributed by atoms with Crippen molar-refractivity contribution in [1.29, 1.82) is 0 Å². The zero-order chi connectivity index (χ0) is 33.1. The van der Waals surface area contributed by atoms with Gasteiger partial charge in [-0.2, -0.15) is 4.72 Å². The summed E-state index contributed by atoms with van der Waals surface area (Å²) in [6.45, 7) is 13.6. The van der Waals surface area contributed by atoms with E-state index in [2.05, 4.69) is 102 Å². The number of hydrogen-bond acceptors (Lipinski definition) is 7. The van der Waals surface area contributed by atoms with Crippen molar-refractivity contribution in [3.63, 3.8) is 0 Å². The number of fused-ring (bicyclic) bond motifs is 4. The van der Waals surface area contributed by atoms with Crippen molar-refractivity contribution < 1.29 is 13.2 Å². The monoisotopic (exact) mass is 665 g/mol. The van der Waals surface area contributed by atoms with Gasteiger partial charge < -0.3 is 9.64 Å². The lowest BCUT2D eigenvalue weighted by atomic mass is 9.87. The molecule has 3 aliphatic heterocycles. The number of rotatable bonds is 6. The van der Waals surface area contributed by atoms with Crippen LogP contribution in [0.2, 0.25) is 0 Å². The molecule has 8 nitrogen and oxygen atoms in total. The number of likely N-dealkylation sites (tertiary alicyclic amines) is 1. The standard InChI is InChI=1S/C38H59N5O3S/c1-26(2)20-33-25-46-36-22-35(37-27(3)8-6-9-28(37)4)39-38(40-36)41-47(44,45)34-11-7-10-30(21-34)24-43(33)23-29-12-14-31(15-13-29)32-16-18-42(5)19-17-32/h6,8-9,12-15,26,30,32-36,38-41H,7,10-11,16-25H2,1-5H3/t30?,33-,34?,35?,36?,38?/m1/s1. The van der Waals surface area contributed by atoms with Crippen LogP contribution in [-0.2, 0) is 21.3 Å². The Balaban J connectivity index is 1.27. The van der Waals surface area contributed by atoms with Gasteiger partial charge in [-0.05, 0) is 118 Å². The van der Waals surface area contributed by atoms with Gasteiger partial charge in [0.15, 0.2) is 0 Å². The van der Waals surface area contributed by atoms with Gasteiger partial charge in [-0.25, -0.2) is 8.42 Å². The van der Waals surface area contributed by atoms with E-state index in [1.54, 1.807) is 0 Å². The van der Waals surface area contributed by atoms with E-state index < -0.39 is 16.3 Å². The molecule has 4 aliphatic rings. The van der Waals surface area contributed by atoms with Crippen LogP contribution in [0.1, 0.15) is 105 Å². The van der Waals surface area contributed by atoms with Gasteiger partial charge in [0.2, 0.25) is 10.0 Å². The Morgan fingerprint density at radius 1 is 0.936 bits per heavy atom. The average molecular weight is 666 g/mol. The maximum atomic E-state index is 13.9. The quantitative estimate of drug-likeness (QED) is 0.361. The van der Waals surface area contributed by atoms with Crippen LogP contribution in [0.5, 0.6) is 0 Å². The first-order valence-corrected chi connectivity index (χ1v) is 19.8. The fourth-order valence-corrected chi connectivity index (χ4v) is 10.4. The normalized spacial score (nSPS) is 31.5. The molecule has 5 unspecified atom stereocenters. The van der Waals surface area contributed by atoms with E-state index >= 15 is 0 Å². The number of ether oxygens (including phenoxy) is 1. The van der Waals surface area contributed by atoms with E-state index in [0.29, 0.717) is 37.2 Å². The van der Waals surface area contributed by atoms with Crippen molar-refractivity contribution >= 4 is 10.0 Å². The van der Waals surface area contributed by atoms with Gasteiger partial charge in [0.05, 0.1) is 11.9 Å². The van der Waals surface area contributed by atoms with Crippen molar-refractivity contribution in [2.24, 2.45) is 11.8 Å². The van der Waals surface area contributed by atoms with E-state index in [0.717, 1.165) is 38.8 Å². The number of nitrogens with zero attached hydrogens (tertiary/aromatic N) is 2. The Bertz CT molecular complexity index is 1410. The average Bonchev–Trinajstić information content (AvgIpc) is 3.03. The molecule has 3 N–H and O–H groups in total. The number of sulfonamides is 1. The van der Waals surface area contributed by atoms with E-state index in [1.165, 1.54) is 53.7 Å². The Morgan fingerprint density at radius 2 is 1.66 bits per heavy atom. The Hall–Kier alpha value is -1.85. The van der Waals surface area contributed by atoms with Gasteiger partial charge in [0.25, 0.3) is 0 Å². The van der Waals surface area contributed by atoms with Gasteiger partial charge in [-0.15, -0.1) is 0 Å². The third-order valence-electron chi connectivity index (χ3n) is 11.3. The molecule has 0 spiro atoms. The molecule has 3 heterocycles. The van der Waals surface area contributed by atoms with Gasteiger partial charge in [-0.1, -0.05) is 62.7 Å². The number of piperidine rings is 1. The first-order chi connectivity index (χ1) is 22.5. The van der Waals surface area contributed by atoms with Crippen LogP contribution < -0.4 is 15.4 Å². The van der Waals surface area contributed by atoms with E-state index in [4.69, 9.17) is 4.74 Å². The Labute approximate surface area is 284 Å². The zero-order valence-electron chi connectivity index (χ0n) is 29.4. The third-order valence-corrected chi connectivity index (χ3v) is 13.2. The molecule has 0 amide bonds. The predicted molar refractivity (Wildman–Crippen MR) is 190 cm³/mol. The van der Waals surface area contributed by atoms with Crippen LogP contribution in [0.15, 0.2) is 42.5 Å². The largest absolute Gasteiger partial charge is 0.362 e. The topological polar surface area (TPSA) is 85.9 Å². The molecule has 1 saturated carbocycles. The molecule has 6 rings (SSSR count). The summed E-state index contributed by atoms with van der Waals surface area (Å²) < 4.78 is 37.6. The van der Waals surface area contributed by atoms with E-state index in [-0.39, 0.29) is 23.6 Å². The van der Waals surface area contributed by atoms with Crippen molar-refractivity contribution in [3.05, 3.63) is 70.3 Å². The SMILES string of the molecule is Cc1cccc(C)c1C1CC2NC(N1)NS(=O)(=O)C1CCCC(C1)CN(Cc1ccc(C3CCN(C)CC3)cc1)[C@H](CC(C)C)CO2. The molecule has 3 saturated heterocycles. The second-order valence-corrected chi connectivity index (χ2v) is 17.5. The summed E-state index contributed by atoms with van der Waals surface area (Å²) in [4.78, 5) is 5.07. The second kappa shape index (κ2) is 15.4. The van der Waals surface area contributed by atoms with Crippen molar-refractivity contribution in [2.45, 2.75) is 121 Å². The molecule has 4 fully saturated rings. The fraction of sp³-hybridized carbons (Fsp3) is 0.684. The highest BCUT2D eigenvalue weighted by Crippen LogP contribution is 2.34. The minimum Gasteiger partial charge on any atom is -0.362 e. The summed E-state index contributed by atoms with van der Waals surface area (Å²) in [5.74, 6) is 1.50. The smallest absolute Gasteiger partial charge is 0.216 e. The number of nitrogens with one attached hydrogen (secondary N) is 3. The summed E-state index contributed by atoms with van der Waals surface area (Å²) in [5, 5.41) is 6.71. The summed E-state index contributed by atoms with van der Waals surface area (Å²) in [6.07, 6.45) is 6.78. The van der Waals surface area contributed by atoms with E-state index in [9.17, 15) is 8.42 Å². The van der Waals surface area contributed by atoms with Crippen LogP contribution in [0.3, 0.4) is 0 Å². The summed E-state index contributed by atoms with van der Waals surface area (Å²) >= 11 is 0. The number of benzene rings is 2. The lowest BCUT2D eigenvalue weighted by Crippen LogP contribution is -2.64. The third kappa shape index (κ3) is 8.85. The number of hydrogen-bond donors (Lipinski definition) is 3. The highest BCUT2D eigenvalue weighted by molar-refractivity contribution is 7.90. The first-order valence-electron chi connectivity index (χ1n) is 18.3. The zero-order valence-corrected chi connectivity index (χ0v) is 30.2. The van der Waals surface area contributed by atoms with E-state index in [1.807, 2.05) is 0 Å². The van der Waals surface area contributed by atoms with Crippen molar-refractivity contribution in [1.82, 2.24) is 25.2 Å². The lowest BCUT2D eigenvalue weighted by Gasteiger charge is -2.40. The molecule has 1 aliphatic carbocycles. The molecule has 4 bridgehead atoms. The lowest BCUT2D eigenvalue weighted by molar-refractivity contribution is -0.0483. The van der Waals surface area contributed by atoms with Gasteiger partial charge in [0.1, 0.15) is 12.5 Å². The first kappa shape index (κ1) is 35.0. The maximum Gasteiger partial charge on any atom is 0.216 e. The van der Waals surface area contributed by atoms with Crippen molar-refractivity contribution in [3.8, 4) is 0 Å². The minimum absolute atomic E-state index is 0.0258. The highest BCUT2D eigenvalue weighted by Gasteiger charge is 2.39. The molecule has 9 heteroatoms. The van der Waals surface area contributed by atoms with Crippen LogP contribution in [0, 0.1) is 25.7 Å². The van der Waals surface area contributed by atoms with Gasteiger partial charge in [-0.3, -0.25) is 15.5 Å². The second-order valence-electron chi connectivity index (χ2n) is 15.5. The molecule has 6 atom stereocenters. The highest BCUT2D eigenvalue weighted by atomic mass is 32.2. The fourth-order valence-electron chi connectivity index (χ4n) is 8.74. The summed E-state index contributed by atoms with van der Waals surface area (Å²) in [7, 11) is -1.33. The van der Waals surface area contributed by atoms with Crippen LogP contribution in [0.25, 0.3) is 0 Å². The predicted octanol–water partition coefficient (Wildman–Crippen LogP) is 5.77. The molecule has 0 aromatic heterocycles. The number of aryl methyl sites for hydroxylation is 2. The van der Waals surface area contributed by atoms with Crippen LogP contribution in [-0.4, -0.2) is 75.3 Å². The summed E-state index contributed by atoms with van der Waals surface area (Å²) in [5.41, 5.74) is 6.45. The molecule has 2 aromatic carbocycles. The molecular weight excluding hydrogens is 607 g/mol. The van der Waals surface area contributed by atoms with Crippen molar-refractivity contribution in [2.75, 3.05) is 33.3 Å². The molecule has 0 radical (unpaired) electrons. The Morgan fingerprint density at radius 3 is 2.36 bits per heavy atom. The molecular formula is C38H59N5O3S. The molecule has 260 valence electrons. The van der Waals surface area contributed by atoms with Gasteiger partial charge in [0, 0.05) is 31.6 Å². The minimum atomic E-state index is -3.55. The Kier molecular flexibility index (Phi) is 11.4. The van der Waals surface area contributed by atoms with Crippen LogP contribution in [0.4, 0.5) is 0 Å². The summed E-state index contributed by atoms with van der Waals surface area (Å²) in [6, 6.07) is 16.0. The van der Waals surface area contributed by atoms with Crippen LogP contribution >= 0.6 is 0 Å². The van der Waals surface area contributed by atoms with Gasteiger partial charge >= 0.3 is 0 Å².